The van der Waals surface area contributed by atoms with Crippen LogP contribution < -0.4 is 5.32 Å². The molecule has 1 aliphatic rings. The number of nitrogens with one attached hydrogen (secondary N) is 1. The lowest BCUT2D eigenvalue weighted by Gasteiger charge is -2.10. The fraction of sp³-hybridized carbons (Fsp3) is 0.167. The number of hydrogen-bond acceptors (Lipinski definition) is 2. The Morgan fingerprint density at radius 2 is 2.00 bits per heavy atom. The molecule has 0 atom stereocenters. The molecule has 1 aliphatic heterocycles. The summed E-state index contributed by atoms with van der Waals surface area (Å²) in [5.74, 6) is -0.382. The number of benzene rings is 2. The minimum absolute atomic E-state index is 0.301. The molecule has 0 amide bonds. The highest BCUT2D eigenvalue weighted by Crippen LogP contribution is 2.36. The van der Waals surface area contributed by atoms with Crippen molar-refractivity contribution in [2.24, 2.45) is 0 Å². The lowest BCUT2D eigenvalue weighted by Crippen LogP contribution is -2.06. The molecule has 2 heterocycles. The molecule has 1 N–H and O–H groups in total. The highest BCUT2D eigenvalue weighted by molar-refractivity contribution is 6.30. The average Bonchev–Trinajstić information content (AvgIpc) is 3.13. The van der Waals surface area contributed by atoms with Gasteiger partial charge < -0.3 is 5.32 Å². The van der Waals surface area contributed by atoms with Crippen LogP contribution in [0.3, 0.4) is 0 Å². The third kappa shape index (κ3) is 2.36. The number of fused-ring (bicyclic) bond motifs is 1. The van der Waals surface area contributed by atoms with Crippen molar-refractivity contribution in [2.75, 3.05) is 11.9 Å². The minimum atomic E-state index is -0.614. The van der Waals surface area contributed by atoms with Crippen LogP contribution in [-0.4, -0.2) is 16.3 Å². The second kappa shape index (κ2) is 5.60. The van der Waals surface area contributed by atoms with Crippen LogP contribution in [0.5, 0.6) is 0 Å². The van der Waals surface area contributed by atoms with Crippen molar-refractivity contribution in [1.82, 2.24) is 9.78 Å². The highest BCUT2D eigenvalue weighted by atomic mass is 35.5. The number of rotatable bonds is 2. The minimum Gasteiger partial charge on any atom is -0.369 e. The fourth-order valence-electron chi connectivity index (χ4n) is 3.06. The second-order valence-electron chi connectivity index (χ2n) is 5.82. The molecule has 0 bridgehead atoms. The summed E-state index contributed by atoms with van der Waals surface area (Å²) in [5, 5.41) is 8.50. The smallest absolute Gasteiger partial charge is 0.135 e. The lowest BCUT2D eigenvalue weighted by atomic mass is 10.1. The summed E-state index contributed by atoms with van der Waals surface area (Å²) in [6.45, 7) is 2.72. The maximum absolute atomic E-state index is 14.2. The standard InChI is InChI=1S/C18H14ClF2N3/c1-10-2-3-11(19)8-16(10)24-18-14(6-7-22-18)17(23-24)13-5-4-12(20)9-15(13)21/h2-5,8-9,22H,6-7H2,1H3. The molecule has 0 radical (unpaired) electrons. The fourth-order valence-corrected chi connectivity index (χ4v) is 3.22. The zero-order chi connectivity index (χ0) is 16.8. The van der Waals surface area contributed by atoms with Gasteiger partial charge in [-0.3, -0.25) is 0 Å². The quantitative estimate of drug-likeness (QED) is 0.726. The van der Waals surface area contributed by atoms with Crippen LogP contribution in [-0.2, 0) is 6.42 Å². The summed E-state index contributed by atoms with van der Waals surface area (Å²) in [4.78, 5) is 0. The van der Waals surface area contributed by atoms with E-state index in [1.54, 1.807) is 4.68 Å². The van der Waals surface area contributed by atoms with Gasteiger partial charge in [-0.15, -0.1) is 0 Å². The first kappa shape index (κ1) is 15.1. The predicted octanol–water partition coefficient (Wildman–Crippen LogP) is 4.75. The van der Waals surface area contributed by atoms with Gasteiger partial charge in [0, 0.05) is 28.8 Å². The molecule has 2 aromatic carbocycles. The van der Waals surface area contributed by atoms with Crippen molar-refractivity contribution in [3.05, 3.63) is 64.2 Å². The van der Waals surface area contributed by atoms with Gasteiger partial charge in [0.2, 0.25) is 0 Å². The Kier molecular flexibility index (Phi) is 3.53. The summed E-state index contributed by atoms with van der Waals surface area (Å²) in [7, 11) is 0. The van der Waals surface area contributed by atoms with Crippen molar-refractivity contribution in [1.29, 1.82) is 0 Å². The van der Waals surface area contributed by atoms with Crippen LogP contribution in [0.15, 0.2) is 36.4 Å². The number of aryl methyl sites for hydroxylation is 1. The molecule has 0 fully saturated rings. The van der Waals surface area contributed by atoms with Gasteiger partial charge in [0.25, 0.3) is 0 Å². The molecule has 6 heteroatoms. The highest BCUT2D eigenvalue weighted by Gasteiger charge is 2.26. The maximum atomic E-state index is 14.2. The van der Waals surface area contributed by atoms with Gasteiger partial charge in [-0.1, -0.05) is 17.7 Å². The molecule has 3 aromatic rings. The number of aromatic nitrogens is 2. The van der Waals surface area contributed by atoms with Crippen LogP contribution in [0.1, 0.15) is 11.1 Å². The molecule has 1 aromatic heterocycles. The van der Waals surface area contributed by atoms with E-state index < -0.39 is 11.6 Å². The monoisotopic (exact) mass is 345 g/mol. The number of nitrogens with zero attached hydrogens (tertiary/aromatic N) is 2. The first-order valence-corrected chi connectivity index (χ1v) is 8.00. The Labute approximate surface area is 142 Å². The molecule has 4 rings (SSSR count). The molecular formula is C18H14ClF2N3. The van der Waals surface area contributed by atoms with E-state index in [1.165, 1.54) is 12.1 Å². The van der Waals surface area contributed by atoms with Crippen LogP contribution in [0.2, 0.25) is 5.02 Å². The largest absolute Gasteiger partial charge is 0.369 e. The van der Waals surface area contributed by atoms with E-state index in [0.29, 0.717) is 16.3 Å². The summed E-state index contributed by atoms with van der Waals surface area (Å²) < 4.78 is 29.2. The third-order valence-corrected chi connectivity index (χ3v) is 4.47. The molecule has 0 saturated heterocycles. The first-order chi connectivity index (χ1) is 11.5. The Balaban J connectivity index is 1.94. The molecule has 0 aliphatic carbocycles. The molecule has 3 nitrogen and oxygen atoms in total. The maximum Gasteiger partial charge on any atom is 0.135 e. The summed E-state index contributed by atoms with van der Waals surface area (Å²) >= 11 is 6.12. The Hall–Kier alpha value is -2.40. The predicted molar refractivity (Wildman–Crippen MR) is 90.9 cm³/mol. The van der Waals surface area contributed by atoms with E-state index in [2.05, 4.69) is 10.4 Å². The summed E-state index contributed by atoms with van der Waals surface area (Å²) in [6.07, 6.45) is 0.737. The van der Waals surface area contributed by atoms with E-state index in [-0.39, 0.29) is 0 Å². The number of anilines is 1. The van der Waals surface area contributed by atoms with Gasteiger partial charge in [-0.05, 0) is 43.2 Å². The van der Waals surface area contributed by atoms with Gasteiger partial charge >= 0.3 is 0 Å². The molecular weight excluding hydrogens is 332 g/mol. The van der Waals surface area contributed by atoms with Crippen molar-refractivity contribution in [3.8, 4) is 16.9 Å². The van der Waals surface area contributed by atoms with Gasteiger partial charge in [-0.2, -0.15) is 5.10 Å². The first-order valence-electron chi connectivity index (χ1n) is 7.62. The Morgan fingerprint density at radius 3 is 2.79 bits per heavy atom. The SMILES string of the molecule is Cc1ccc(Cl)cc1-n1nc(-c2ccc(F)cc2F)c2c1NCC2. The third-order valence-electron chi connectivity index (χ3n) is 4.24. The normalized spacial score (nSPS) is 13.0. The summed E-state index contributed by atoms with van der Waals surface area (Å²) in [6, 6.07) is 9.12. The second-order valence-corrected chi connectivity index (χ2v) is 6.26. The van der Waals surface area contributed by atoms with Crippen molar-refractivity contribution >= 4 is 17.4 Å². The van der Waals surface area contributed by atoms with Gasteiger partial charge in [-0.25, -0.2) is 13.5 Å². The number of halogens is 3. The van der Waals surface area contributed by atoms with Crippen LogP contribution in [0, 0.1) is 18.6 Å². The average molecular weight is 346 g/mol. The molecule has 0 saturated carbocycles. The van der Waals surface area contributed by atoms with Gasteiger partial charge in [0.1, 0.15) is 23.1 Å². The van der Waals surface area contributed by atoms with Crippen LogP contribution in [0.25, 0.3) is 16.9 Å². The Morgan fingerprint density at radius 1 is 1.17 bits per heavy atom. The van der Waals surface area contributed by atoms with Crippen molar-refractivity contribution in [2.45, 2.75) is 13.3 Å². The van der Waals surface area contributed by atoms with Gasteiger partial charge in [0.05, 0.1) is 5.69 Å². The molecule has 122 valence electrons. The zero-order valence-electron chi connectivity index (χ0n) is 12.9. The Bertz CT molecular complexity index is 950. The van der Waals surface area contributed by atoms with Crippen molar-refractivity contribution in [3.63, 3.8) is 0 Å². The van der Waals surface area contributed by atoms with E-state index in [0.717, 1.165) is 41.7 Å². The molecule has 24 heavy (non-hydrogen) atoms. The molecule has 0 spiro atoms. The van der Waals surface area contributed by atoms with Crippen LogP contribution >= 0.6 is 11.6 Å². The van der Waals surface area contributed by atoms with E-state index in [9.17, 15) is 8.78 Å². The summed E-state index contributed by atoms with van der Waals surface area (Å²) in [5.41, 5.74) is 3.60. The topological polar surface area (TPSA) is 29.9 Å². The van der Waals surface area contributed by atoms with E-state index in [1.807, 2.05) is 25.1 Å². The van der Waals surface area contributed by atoms with E-state index in [4.69, 9.17) is 11.6 Å². The van der Waals surface area contributed by atoms with E-state index >= 15 is 0 Å². The van der Waals surface area contributed by atoms with Crippen LogP contribution in [0.4, 0.5) is 14.6 Å². The van der Waals surface area contributed by atoms with Crippen molar-refractivity contribution < 1.29 is 8.78 Å². The van der Waals surface area contributed by atoms with Gasteiger partial charge in [0.15, 0.2) is 0 Å². The zero-order valence-corrected chi connectivity index (χ0v) is 13.7. The molecule has 0 unspecified atom stereocenters. The number of hydrogen-bond donors (Lipinski definition) is 1. The lowest BCUT2D eigenvalue weighted by molar-refractivity contribution is 0.585.